The van der Waals surface area contributed by atoms with Gasteiger partial charge in [0.25, 0.3) is 0 Å². The van der Waals surface area contributed by atoms with Crippen molar-refractivity contribution >= 4 is 5.91 Å². The Morgan fingerprint density at radius 2 is 1.79 bits per heavy atom. The predicted molar refractivity (Wildman–Crippen MR) is 74.7 cm³/mol. The Labute approximate surface area is 115 Å². The summed E-state index contributed by atoms with van der Waals surface area (Å²) in [5.41, 5.74) is 5.73. The zero-order chi connectivity index (χ0) is 13.7. The third-order valence-corrected chi connectivity index (χ3v) is 4.46. The highest BCUT2D eigenvalue weighted by molar-refractivity contribution is 5.86. The van der Waals surface area contributed by atoms with Gasteiger partial charge in [-0.3, -0.25) is 9.69 Å². The van der Waals surface area contributed by atoms with Crippen molar-refractivity contribution in [3.8, 4) is 0 Å². The van der Waals surface area contributed by atoms with Crippen LogP contribution in [0, 0.1) is 0 Å². The lowest BCUT2D eigenvalue weighted by Gasteiger charge is -2.36. The molecule has 0 atom stereocenters. The molecule has 2 fully saturated rings. The number of β-amino-alcohol motifs (C(OH)–C–C–N with tert-alkyl or cyclic N) is 1. The zero-order valence-electron chi connectivity index (χ0n) is 11.8. The number of amides is 1. The summed E-state index contributed by atoms with van der Waals surface area (Å²) < 4.78 is 0. The minimum absolute atomic E-state index is 0.151. The van der Waals surface area contributed by atoms with Gasteiger partial charge >= 0.3 is 0 Å². The van der Waals surface area contributed by atoms with Crippen LogP contribution in [-0.4, -0.2) is 65.7 Å². The molecule has 0 radical (unpaired) electrons. The average Bonchev–Trinajstić information content (AvgIpc) is 2.65. The lowest BCUT2D eigenvalue weighted by atomic mass is 9.81. The van der Waals surface area contributed by atoms with Gasteiger partial charge in [-0.05, 0) is 25.8 Å². The lowest BCUT2D eigenvalue weighted by molar-refractivity contribution is -0.138. The summed E-state index contributed by atoms with van der Waals surface area (Å²) in [6.45, 7) is 4.26. The molecule has 1 aliphatic heterocycles. The smallest absolute Gasteiger partial charge is 0.242 e. The fraction of sp³-hybridized carbons (Fsp3) is 0.929. The third-order valence-electron chi connectivity index (χ3n) is 4.46. The van der Waals surface area contributed by atoms with E-state index in [0.29, 0.717) is 6.54 Å². The fourth-order valence-electron chi connectivity index (χ4n) is 3.25. The van der Waals surface area contributed by atoms with Crippen LogP contribution in [0.1, 0.15) is 38.5 Å². The van der Waals surface area contributed by atoms with Crippen LogP contribution in [0.2, 0.25) is 0 Å². The Morgan fingerprint density at radius 3 is 2.47 bits per heavy atom. The maximum atomic E-state index is 12.6. The van der Waals surface area contributed by atoms with Crippen molar-refractivity contribution in [3.63, 3.8) is 0 Å². The second kappa shape index (κ2) is 6.68. The van der Waals surface area contributed by atoms with Gasteiger partial charge in [-0.25, -0.2) is 0 Å². The molecule has 0 spiro atoms. The van der Waals surface area contributed by atoms with Crippen LogP contribution >= 0.6 is 0 Å². The molecule has 2 aliphatic rings. The summed E-state index contributed by atoms with van der Waals surface area (Å²) in [6.07, 6.45) is 6.00. The van der Waals surface area contributed by atoms with Crippen LogP contribution in [0.4, 0.5) is 0 Å². The molecule has 5 heteroatoms. The molecule has 110 valence electrons. The van der Waals surface area contributed by atoms with E-state index >= 15 is 0 Å². The molecule has 0 aromatic heterocycles. The molecule has 0 unspecified atom stereocenters. The largest absolute Gasteiger partial charge is 0.395 e. The van der Waals surface area contributed by atoms with Crippen molar-refractivity contribution in [2.45, 2.75) is 44.1 Å². The van der Waals surface area contributed by atoms with Gasteiger partial charge in [-0.1, -0.05) is 19.3 Å². The van der Waals surface area contributed by atoms with Crippen molar-refractivity contribution in [3.05, 3.63) is 0 Å². The van der Waals surface area contributed by atoms with E-state index in [2.05, 4.69) is 4.90 Å². The van der Waals surface area contributed by atoms with Gasteiger partial charge < -0.3 is 15.7 Å². The summed E-state index contributed by atoms with van der Waals surface area (Å²) in [6, 6.07) is 0. The van der Waals surface area contributed by atoms with Gasteiger partial charge in [0.05, 0.1) is 12.1 Å². The van der Waals surface area contributed by atoms with Crippen LogP contribution in [-0.2, 0) is 4.79 Å². The number of aliphatic hydroxyl groups is 1. The van der Waals surface area contributed by atoms with Crippen molar-refractivity contribution in [2.75, 3.05) is 39.3 Å². The normalized spacial score (nSPS) is 25.1. The van der Waals surface area contributed by atoms with Crippen molar-refractivity contribution in [1.82, 2.24) is 9.80 Å². The Hall–Kier alpha value is -0.650. The maximum absolute atomic E-state index is 12.6. The van der Waals surface area contributed by atoms with Crippen LogP contribution in [0.25, 0.3) is 0 Å². The summed E-state index contributed by atoms with van der Waals surface area (Å²) in [5, 5.41) is 8.99. The van der Waals surface area contributed by atoms with Gasteiger partial charge in [0.2, 0.25) is 5.91 Å². The molecule has 1 aliphatic carbocycles. The quantitative estimate of drug-likeness (QED) is 0.766. The highest BCUT2D eigenvalue weighted by atomic mass is 16.3. The second-order valence-electron chi connectivity index (χ2n) is 5.93. The van der Waals surface area contributed by atoms with E-state index < -0.39 is 5.54 Å². The molecule has 19 heavy (non-hydrogen) atoms. The number of hydrogen-bond donors (Lipinski definition) is 2. The molecule has 1 saturated heterocycles. The van der Waals surface area contributed by atoms with Crippen LogP contribution < -0.4 is 5.73 Å². The number of aliphatic hydroxyl groups excluding tert-OH is 1. The van der Waals surface area contributed by atoms with Gasteiger partial charge in [-0.2, -0.15) is 0 Å². The molecule has 1 heterocycles. The molecular formula is C14H27N3O2. The van der Waals surface area contributed by atoms with Gasteiger partial charge in [-0.15, -0.1) is 0 Å². The number of nitrogens with zero attached hydrogens (tertiary/aromatic N) is 2. The number of nitrogens with two attached hydrogens (primary N) is 1. The minimum atomic E-state index is -0.607. The maximum Gasteiger partial charge on any atom is 0.242 e. The first-order chi connectivity index (χ1) is 9.15. The first-order valence-corrected chi connectivity index (χ1v) is 7.57. The van der Waals surface area contributed by atoms with E-state index in [9.17, 15) is 4.79 Å². The molecule has 1 saturated carbocycles. The van der Waals surface area contributed by atoms with E-state index in [4.69, 9.17) is 10.8 Å². The summed E-state index contributed by atoms with van der Waals surface area (Å²) >= 11 is 0. The molecule has 3 N–H and O–H groups in total. The van der Waals surface area contributed by atoms with Crippen LogP contribution in [0.3, 0.4) is 0 Å². The van der Waals surface area contributed by atoms with Crippen molar-refractivity contribution < 1.29 is 9.90 Å². The SMILES string of the molecule is NC1(C(=O)N2CCCN(CCO)CC2)CCCCC1. The van der Waals surface area contributed by atoms with Crippen molar-refractivity contribution in [2.24, 2.45) is 5.73 Å². The van der Waals surface area contributed by atoms with Gasteiger partial charge in [0.15, 0.2) is 0 Å². The van der Waals surface area contributed by atoms with E-state index in [1.54, 1.807) is 0 Å². The summed E-state index contributed by atoms with van der Waals surface area (Å²) in [7, 11) is 0. The van der Waals surface area contributed by atoms with Crippen LogP contribution in [0.5, 0.6) is 0 Å². The van der Waals surface area contributed by atoms with Gasteiger partial charge in [0, 0.05) is 26.2 Å². The average molecular weight is 269 g/mol. The number of rotatable bonds is 3. The minimum Gasteiger partial charge on any atom is -0.395 e. The zero-order valence-corrected chi connectivity index (χ0v) is 11.8. The molecule has 2 rings (SSSR count). The standard InChI is InChI=1S/C14H27N3O2/c15-14(5-2-1-3-6-14)13(19)17-8-4-7-16(9-10-17)11-12-18/h18H,1-12,15H2. The summed E-state index contributed by atoms with van der Waals surface area (Å²) in [4.78, 5) is 16.8. The molecule has 0 bridgehead atoms. The molecule has 0 aromatic rings. The molecular weight excluding hydrogens is 242 g/mol. The van der Waals surface area contributed by atoms with E-state index in [1.807, 2.05) is 4.90 Å². The number of carbonyl (C=O) groups excluding carboxylic acids is 1. The fourth-order valence-corrected chi connectivity index (χ4v) is 3.25. The highest BCUT2D eigenvalue weighted by Gasteiger charge is 2.38. The lowest BCUT2D eigenvalue weighted by Crippen LogP contribution is -2.56. The second-order valence-corrected chi connectivity index (χ2v) is 5.93. The highest BCUT2D eigenvalue weighted by Crippen LogP contribution is 2.28. The molecule has 0 aromatic carbocycles. The van der Waals surface area contributed by atoms with E-state index in [1.165, 1.54) is 6.42 Å². The first kappa shape index (κ1) is 14.8. The third kappa shape index (κ3) is 3.68. The predicted octanol–water partition coefficient (Wildman–Crippen LogP) is 0.175. The Kier molecular flexibility index (Phi) is 5.19. The molecule has 5 nitrogen and oxygen atoms in total. The van der Waals surface area contributed by atoms with E-state index in [-0.39, 0.29) is 12.5 Å². The Morgan fingerprint density at radius 1 is 1.05 bits per heavy atom. The molecule has 1 amide bonds. The monoisotopic (exact) mass is 269 g/mol. The Balaban J connectivity index is 1.92. The summed E-state index contributed by atoms with van der Waals surface area (Å²) in [5.74, 6) is 0.151. The first-order valence-electron chi connectivity index (χ1n) is 7.57. The van der Waals surface area contributed by atoms with E-state index in [0.717, 1.165) is 58.3 Å². The number of hydrogen-bond acceptors (Lipinski definition) is 4. The Bertz CT molecular complexity index is 303. The van der Waals surface area contributed by atoms with Crippen LogP contribution in [0.15, 0.2) is 0 Å². The van der Waals surface area contributed by atoms with Crippen molar-refractivity contribution in [1.29, 1.82) is 0 Å². The number of carbonyl (C=O) groups is 1. The van der Waals surface area contributed by atoms with Gasteiger partial charge in [0.1, 0.15) is 0 Å². The topological polar surface area (TPSA) is 69.8 Å².